The van der Waals surface area contributed by atoms with Gasteiger partial charge in [0.1, 0.15) is 5.60 Å². The van der Waals surface area contributed by atoms with E-state index in [1.165, 1.54) is 0 Å². The number of carbonyl (C=O) groups is 1. The molecule has 0 aromatic carbocycles. The summed E-state index contributed by atoms with van der Waals surface area (Å²) in [7, 11) is 0. The third kappa shape index (κ3) is 7.56. The highest BCUT2D eigenvalue weighted by Crippen LogP contribution is 2.07. The SMILES string of the molecule is C=CCC(CC#N)NC(=O)OC(C)(C)C. The minimum Gasteiger partial charge on any atom is -0.444 e. The smallest absolute Gasteiger partial charge is 0.407 e. The van der Waals surface area contributed by atoms with Crippen LogP contribution in [-0.2, 0) is 4.74 Å². The van der Waals surface area contributed by atoms with Crippen LogP contribution in [0.2, 0.25) is 0 Å². The second-order valence-corrected chi connectivity index (χ2v) is 4.23. The summed E-state index contributed by atoms with van der Waals surface area (Å²) in [6.45, 7) is 8.94. The Kier molecular flexibility index (Phi) is 5.46. The molecule has 0 radical (unpaired) electrons. The van der Waals surface area contributed by atoms with Crippen molar-refractivity contribution in [2.45, 2.75) is 45.3 Å². The third-order valence-electron chi connectivity index (χ3n) is 1.51. The minimum absolute atomic E-state index is 0.220. The van der Waals surface area contributed by atoms with Crippen molar-refractivity contribution in [3.8, 4) is 6.07 Å². The van der Waals surface area contributed by atoms with E-state index < -0.39 is 11.7 Å². The van der Waals surface area contributed by atoms with E-state index in [1.807, 2.05) is 6.07 Å². The molecule has 0 aliphatic carbocycles. The van der Waals surface area contributed by atoms with Crippen molar-refractivity contribution in [2.24, 2.45) is 0 Å². The fourth-order valence-corrected chi connectivity index (χ4v) is 0.979. The lowest BCUT2D eigenvalue weighted by Crippen LogP contribution is -2.38. The average molecular weight is 210 g/mol. The Morgan fingerprint density at radius 1 is 1.67 bits per heavy atom. The van der Waals surface area contributed by atoms with Crippen LogP contribution >= 0.6 is 0 Å². The normalized spacial score (nSPS) is 12.4. The standard InChI is InChI=1S/C11H18N2O2/c1-5-6-9(7-8-12)13-10(14)15-11(2,3)4/h5,9H,1,6-7H2,2-4H3,(H,13,14). The van der Waals surface area contributed by atoms with Crippen molar-refractivity contribution in [2.75, 3.05) is 0 Å². The number of carbonyl (C=O) groups excluding carboxylic acids is 1. The first-order valence-electron chi connectivity index (χ1n) is 4.86. The van der Waals surface area contributed by atoms with Crippen LogP contribution in [-0.4, -0.2) is 17.7 Å². The van der Waals surface area contributed by atoms with Gasteiger partial charge in [0.05, 0.1) is 12.5 Å². The van der Waals surface area contributed by atoms with Crippen LogP contribution in [0.4, 0.5) is 4.79 Å². The van der Waals surface area contributed by atoms with E-state index in [-0.39, 0.29) is 12.5 Å². The fourth-order valence-electron chi connectivity index (χ4n) is 0.979. The number of hydrogen-bond donors (Lipinski definition) is 1. The Morgan fingerprint density at radius 2 is 2.27 bits per heavy atom. The van der Waals surface area contributed by atoms with Crippen LogP contribution in [0.3, 0.4) is 0 Å². The molecule has 4 heteroatoms. The largest absolute Gasteiger partial charge is 0.444 e. The van der Waals surface area contributed by atoms with Gasteiger partial charge in [0.2, 0.25) is 0 Å². The average Bonchev–Trinajstić information content (AvgIpc) is 2.00. The van der Waals surface area contributed by atoms with Crippen LogP contribution in [0.5, 0.6) is 0 Å². The molecule has 0 spiro atoms. The zero-order valence-electron chi connectivity index (χ0n) is 9.54. The topological polar surface area (TPSA) is 62.1 Å². The summed E-state index contributed by atoms with van der Waals surface area (Å²) in [6.07, 6.45) is 1.99. The minimum atomic E-state index is -0.518. The van der Waals surface area contributed by atoms with Gasteiger partial charge in [0, 0.05) is 6.04 Å². The molecule has 4 nitrogen and oxygen atoms in total. The molecule has 1 N–H and O–H groups in total. The van der Waals surface area contributed by atoms with E-state index in [9.17, 15) is 4.79 Å². The van der Waals surface area contributed by atoms with E-state index >= 15 is 0 Å². The molecule has 0 bridgehead atoms. The highest BCUT2D eigenvalue weighted by Gasteiger charge is 2.18. The Morgan fingerprint density at radius 3 is 2.67 bits per heavy atom. The van der Waals surface area contributed by atoms with Crippen LogP contribution in [0.25, 0.3) is 0 Å². The van der Waals surface area contributed by atoms with Gasteiger partial charge in [-0.15, -0.1) is 6.58 Å². The summed E-state index contributed by atoms with van der Waals surface area (Å²) in [5.74, 6) is 0. The van der Waals surface area contributed by atoms with Gasteiger partial charge in [-0.25, -0.2) is 4.79 Å². The molecule has 0 aliphatic heterocycles. The maximum atomic E-state index is 11.3. The zero-order valence-corrected chi connectivity index (χ0v) is 9.54. The molecule has 84 valence electrons. The van der Waals surface area contributed by atoms with Gasteiger partial charge < -0.3 is 10.1 Å². The number of nitrogens with zero attached hydrogens (tertiary/aromatic N) is 1. The Balaban J connectivity index is 4.11. The molecule has 0 saturated carbocycles. The number of hydrogen-bond acceptors (Lipinski definition) is 3. The summed E-state index contributed by atoms with van der Waals surface area (Å²) >= 11 is 0. The van der Waals surface area contributed by atoms with Gasteiger partial charge in [-0.05, 0) is 27.2 Å². The lowest BCUT2D eigenvalue weighted by Gasteiger charge is -2.22. The molecule has 0 heterocycles. The van der Waals surface area contributed by atoms with Crippen molar-refractivity contribution in [3.63, 3.8) is 0 Å². The maximum absolute atomic E-state index is 11.3. The van der Waals surface area contributed by atoms with Crippen molar-refractivity contribution in [3.05, 3.63) is 12.7 Å². The number of ether oxygens (including phenoxy) is 1. The first kappa shape index (κ1) is 13.5. The molecule has 0 fully saturated rings. The quantitative estimate of drug-likeness (QED) is 0.724. The summed E-state index contributed by atoms with van der Waals surface area (Å²) in [5.41, 5.74) is -0.518. The van der Waals surface area contributed by atoms with Crippen LogP contribution in [0, 0.1) is 11.3 Å². The van der Waals surface area contributed by atoms with Crippen molar-refractivity contribution < 1.29 is 9.53 Å². The van der Waals surface area contributed by atoms with Crippen molar-refractivity contribution in [1.82, 2.24) is 5.32 Å². The van der Waals surface area contributed by atoms with E-state index in [0.29, 0.717) is 6.42 Å². The monoisotopic (exact) mass is 210 g/mol. The molecule has 0 aromatic heterocycles. The predicted molar refractivity (Wildman–Crippen MR) is 58.2 cm³/mol. The number of alkyl carbamates (subject to hydrolysis) is 1. The molecular weight excluding hydrogens is 192 g/mol. The van der Waals surface area contributed by atoms with Crippen molar-refractivity contribution >= 4 is 6.09 Å². The van der Waals surface area contributed by atoms with E-state index in [1.54, 1.807) is 26.8 Å². The number of nitrogens with one attached hydrogen (secondary N) is 1. The molecule has 0 aliphatic rings. The number of nitriles is 1. The fraction of sp³-hybridized carbons (Fsp3) is 0.636. The highest BCUT2D eigenvalue weighted by molar-refractivity contribution is 5.68. The van der Waals surface area contributed by atoms with Gasteiger partial charge >= 0.3 is 6.09 Å². The molecule has 1 unspecified atom stereocenters. The first-order chi connectivity index (χ1) is 6.89. The van der Waals surface area contributed by atoms with Crippen LogP contribution < -0.4 is 5.32 Å². The second kappa shape index (κ2) is 6.07. The summed E-state index contributed by atoms with van der Waals surface area (Å²) in [4.78, 5) is 11.3. The summed E-state index contributed by atoms with van der Waals surface area (Å²) < 4.78 is 5.07. The second-order valence-electron chi connectivity index (χ2n) is 4.23. The Hall–Kier alpha value is -1.50. The number of amides is 1. The van der Waals surface area contributed by atoms with Gasteiger partial charge in [-0.3, -0.25) is 0 Å². The lowest BCUT2D eigenvalue weighted by molar-refractivity contribution is 0.0506. The Bertz CT molecular complexity index is 261. The third-order valence-corrected chi connectivity index (χ3v) is 1.51. The first-order valence-corrected chi connectivity index (χ1v) is 4.86. The molecule has 0 aromatic rings. The molecular formula is C11H18N2O2. The van der Waals surface area contributed by atoms with E-state index in [0.717, 1.165) is 0 Å². The molecule has 15 heavy (non-hydrogen) atoms. The van der Waals surface area contributed by atoms with E-state index in [2.05, 4.69) is 11.9 Å². The molecule has 0 rings (SSSR count). The van der Waals surface area contributed by atoms with Gasteiger partial charge in [0.25, 0.3) is 0 Å². The van der Waals surface area contributed by atoms with Gasteiger partial charge in [-0.2, -0.15) is 5.26 Å². The molecule has 1 atom stereocenters. The Labute approximate surface area is 90.9 Å². The summed E-state index contributed by atoms with van der Waals surface area (Å²) in [6, 6.07) is 1.78. The summed E-state index contributed by atoms with van der Waals surface area (Å²) in [5, 5.41) is 11.2. The van der Waals surface area contributed by atoms with E-state index in [4.69, 9.17) is 10.00 Å². The van der Waals surface area contributed by atoms with Gasteiger partial charge in [0.15, 0.2) is 0 Å². The van der Waals surface area contributed by atoms with Crippen LogP contribution in [0.1, 0.15) is 33.6 Å². The molecule has 1 amide bonds. The highest BCUT2D eigenvalue weighted by atomic mass is 16.6. The maximum Gasteiger partial charge on any atom is 0.407 e. The predicted octanol–water partition coefficient (Wildman–Crippen LogP) is 2.37. The number of rotatable bonds is 4. The molecule has 0 saturated heterocycles. The zero-order chi connectivity index (χ0) is 11.9. The van der Waals surface area contributed by atoms with Crippen molar-refractivity contribution in [1.29, 1.82) is 5.26 Å². The van der Waals surface area contributed by atoms with Crippen LogP contribution in [0.15, 0.2) is 12.7 Å². The lowest BCUT2D eigenvalue weighted by atomic mass is 10.1. The van der Waals surface area contributed by atoms with Gasteiger partial charge in [-0.1, -0.05) is 6.08 Å².